The molecule has 1 aliphatic carbocycles. The van der Waals surface area contributed by atoms with Crippen LogP contribution in [0.5, 0.6) is 0 Å². The van der Waals surface area contributed by atoms with E-state index in [0.717, 1.165) is 32.2 Å². The van der Waals surface area contributed by atoms with Crippen LogP contribution >= 0.6 is 0 Å². The summed E-state index contributed by atoms with van der Waals surface area (Å²) in [6, 6.07) is 4.54. The van der Waals surface area contributed by atoms with Gasteiger partial charge in [-0.05, 0) is 37.7 Å². The third-order valence-electron chi connectivity index (χ3n) is 3.56. The van der Waals surface area contributed by atoms with E-state index in [2.05, 4.69) is 5.32 Å². The molecule has 4 N–H and O–H groups in total. The van der Waals surface area contributed by atoms with Gasteiger partial charge in [0.15, 0.2) is 0 Å². The van der Waals surface area contributed by atoms with Gasteiger partial charge in [0, 0.05) is 30.1 Å². The first-order chi connectivity index (χ1) is 9.04. The Morgan fingerprint density at radius 2 is 2.00 bits per heavy atom. The van der Waals surface area contributed by atoms with Crippen molar-refractivity contribution in [3.8, 4) is 0 Å². The van der Waals surface area contributed by atoms with Gasteiger partial charge < -0.3 is 16.2 Å². The van der Waals surface area contributed by atoms with Crippen LogP contribution in [0, 0.1) is 16.0 Å². The Balaban J connectivity index is 1.94. The van der Waals surface area contributed by atoms with Crippen molar-refractivity contribution in [2.75, 3.05) is 17.6 Å². The monoisotopic (exact) mass is 265 g/mol. The zero-order chi connectivity index (χ0) is 13.8. The molecule has 1 aromatic carbocycles. The lowest BCUT2D eigenvalue weighted by Gasteiger charge is -2.25. The molecule has 0 amide bonds. The van der Waals surface area contributed by atoms with Crippen LogP contribution < -0.4 is 11.1 Å². The van der Waals surface area contributed by atoms with Gasteiger partial charge in [-0.2, -0.15) is 0 Å². The van der Waals surface area contributed by atoms with Crippen molar-refractivity contribution >= 4 is 17.1 Å². The summed E-state index contributed by atoms with van der Waals surface area (Å²) in [5.41, 5.74) is 6.71. The van der Waals surface area contributed by atoms with Crippen molar-refractivity contribution in [2.24, 2.45) is 5.92 Å². The van der Waals surface area contributed by atoms with E-state index in [-0.39, 0.29) is 11.8 Å². The predicted octanol–water partition coefficient (Wildman–Crippen LogP) is 2.14. The molecule has 0 radical (unpaired) electrons. The van der Waals surface area contributed by atoms with Crippen LogP contribution in [0.2, 0.25) is 0 Å². The van der Waals surface area contributed by atoms with Gasteiger partial charge in [-0.1, -0.05) is 0 Å². The molecule has 6 heteroatoms. The minimum absolute atomic E-state index is 0.00145. The molecule has 0 saturated heterocycles. The first-order valence-corrected chi connectivity index (χ1v) is 6.51. The molecule has 0 aromatic heterocycles. The number of hydrogen-bond acceptors (Lipinski definition) is 5. The molecule has 2 rings (SSSR count). The number of nitrogen functional groups attached to an aromatic ring is 1. The average Bonchev–Trinajstić information content (AvgIpc) is 2.37. The molecule has 1 aromatic rings. The molecule has 0 aliphatic heterocycles. The van der Waals surface area contributed by atoms with Gasteiger partial charge in [0.2, 0.25) is 0 Å². The maximum atomic E-state index is 10.7. The van der Waals surface area contributed by atoms with Gasteiger partial charge in [0.05, 0.1) is 11.0 Å². The smallest absolute Gasteiger partial charge is 0.273 e. The number of nitrogens with one attached hydrogen (secondary N) is 1. The molecular formula is C13H19N3O3. The number of rotatable bonds is 4. The van der Waals surface area contributed by atoms with E-state index in [9.17, 15) is 15.2 Å². The largest absolute Gasteiger partial charge is 0.398 e. The van der Waals surface area contributed by atoms with Crippen molar-refractivity contribution < 1.29 is 10.0 Å². The number of non-ortho nitro benzene ring substituents is 1. The Bertz CT molecular complexity index is 456. The standard InChI is InChI=1S/C13H19N3O3/c14-10-5-11(7-12(6-10)16(18)19)15-8-9-1-3-13(17)4-2-9/h5-7,9,13,15,17H,1-4,8,14H2. The summed E-state index contributed by atoms with van der Waals surface area (Å²) >= 11 is 0. The van der Waals surface area contributed by atoms with Crippen LogP contribution in [0.4, 0.5) is 17.1 Å². The van der Waals surface area contributed by atoms with E-state index in [4.69, 9.17) is 5.73 Å². The lowest BCUT2D eigenvalue weighted by Crippen LogP contribution is -2.23. The molecule has 1 aliphatic rings. The van der Waals surface area contributed by atoms with Gasteiger partial charge in [-0.15, -0.1) is 0 Å². The zero-order valence-electron chi connectivity index (χ0n) is 10.7. The van der Waals surface area contributed by atoms with Crippen LogP contribution in [0.3, 0.4) is 0 Å². The van der Waals surface area contributed by atoms with Crippen molar-refractivity contribution in [1.82, 2.24) is 0 Å². The maximum Gasteiger partial charge on any atom is 0.273 e. The highest BCUT2D eigenvalue weighted by atomic mass is 16.6. The van der Waals surface area contributed by atoms with Crippen molar-refractivity contribution in [3.05, 3.63) is 28.3 Å². The Morgan fingerprint density at radius 3 is 2.63 bits per heavy atom. The quantitative estimate of drug-likeness (QED) is 0.440. The molecular weight excluding hydrogens is 246 g/mol. The molecule has 0 unspecified atom stereocenters. The molecule has 0 bridgehead atoms. The first-order valence-electron chi connectivity index (χ1n) is 6.51. The number of hydrogen-bond donors (Lipinski definition) is 3. The van der Waals surface area contributed by atoms with Crippen molar-refractivity contribution in [3.63, 3.8) is 0 Å². The van der Waals surface area contributed by atoms with Gasteiger partial charge in [0.1, 0.15) is 0 Å². The summed E-state index contributed by atoms with van der Waals surface area (Å²) in [6.45, 7) is 0.757. The molecule has 104 valence electrons. The van der Waals surface area contributed by atoms with E-state index in [1.165, 1.54) is 12.1 Å². The minimum atomic E-state index is -0.446. The van der Waals surface area contributed by atoms with Crippen molar-refractivity contribution in [1.29, 1.82) is 0 Å². The van der Waals surface area contributed by atoms with E-state index >= 15 is 0 Å². The first kappa shape index (κ1) is 13.6. The number of aliphatic hydroxyl groups excluding tert-OH is 1. The lowest BCUT2D eigenvalue weighted by molar-refractivity contribution is -0.384. The topological polar surface area (TPSA) is 101 Å². The Hall–Kier alpha value is -1.82. The maximum absolute atomic E-state index is 10.7. The van der Waals surface area contributed by atoms with Crippen LogP contribution in [0.15, 0.2) is 18.2 Å². The highest BCUT2D eigenvalue weighted by molar-refractivity contribution is 5.61. The molecule has 19 heavy (non-hydrogen) atoms. The zero-order valence-corrected chi connectivity index (χ0v) is 10.7. The number of aliphatic hydroxyl groups is 1. The molecule has 1 fully saturated rings. The Kier molecular flexibility index (Phi) is 4.21. The summed E-state index contributed by atoms with van der Waals surface area (Å²) in [4.78, 5) is 10.3. The van der Waals surface area contributed by atoms with E-state index in [1.54, 1.807) is 6.07 Å². The van der Waals surface area contributed by atoms with Crippen LogP contribution in [0.25, 0.3) is 0 Å². The fourth-order valence-electron chi connectivity index (χ4n) is 2.45. The normalized spacial score (nSPS) is 23.0. The average molecular weight is 265 g/mol. The third-order valence-corrected chi connectivity index (χ3v) is 3.56. The number of nitrogens with two attached hydrogens (primary N) is 1. The number of benzene rings is 1. The van der Waals surface area contributed by atoms with Gasteiger partial charge in [-0.25, -0.2) is 0 Å². The highest BCUT2D eigenvalue weighted by Gasteiger charge is 2.19. The Morgan fingerprint density at radius 1 is 1.32 bits per heavy atom. The minimum Gasteiger partial charge on any atom is -0.398 e. The summed E-state index contributed by atoms with van der Waals surface area (Å²) in [6.07, 6.45) is 3.48. The predicted molar refractivity (Wildman–Crippen MR) is 74.0 cm³/mol. The third kappa shape index (κ3) is 3.82. The van der Waals surface area contributed by atoms with E-state index in [1.807, 2.05) is 0 Å². The van der Waals surface area contributed by atoms with Gasteiger partial charge in [0.25, 0.3) is 5.69 Å². The van der Waals surface area contributed by atoms with Crippen molar-refractivity contribution in [2.45, 2.75) is 31.8 Å². The SMILES string of the molecule is Nc1cc(NCC2CCC(O)CC2)cc([N+](=O)[O-])c1. The molecule has 0 atom stereocenters. The molecule has 6 nitrogen and oxygen atoms in total. The fraction of sp³-hybridized carbons (Fsp3) is 0.538. The number of nitro benzene ring substituents is 1. The van der Waals surface area contributed by atoms with E-state index in [0.29, 0.717) is 17.3 Å². The fourth-order valence-corrected chi connectivity index (χ4v) is 2.45. The number of nitrogens with zero attached hydrogens (tertiary/aromatic N) is 1. The highest BCUT2D eigenvalue weighted by Crippen LogP contribution is 2.26. The number of nitro groups is 1. The summed E-state index contributed by atoms with van der Waals surface area (Å²) in [7, 11) is 0. The second-order valence-electron chi connectivity index (χ2n) is 5.13. The van der Waals surface area contributed by atoms with Crippen LogP contribution in [-0.4, -0.2) is 22.7 Å². The van der Waals surface area contributed by atoms with Crippen LogP contribution in [-0.2, 0) is 0 Å². The lowest BCUT2D eigenvalue weighted by atomic mass is 9.87. The summed E-state index contributed by atoms with van der Waals surface area (Å²) in [5.74, 6) is 0.504. The van der Waals surface area contributed by atoms with Gasteiger partial charge in [-0.3, -0.25) is 10.1 Å². The van der Waals surface area contributed by atoms with E-state index < -0.39 is 4.92 Å². The Labute approximate surface area is 111 Å². The van der Waals surface area contributed by atoms with Gasteiger partial charge >= 0.3 is 0 Å². The summed E-state index contributed by atoms with van der Waals surface area (Å²) < 4.78 is 0. The molecule has 1 saturated carbocycles. The second kappa shape index (κ2) is 5.88. The second-order valence-corrected chi connectivity index (χ2v) is 5.13. The summed E-state index contributed by atoms with van der Waals surface area (Å²) in [5, 5.41) is 23.4. The van der Waals surface area contributed by atoms with Crippen LogP contribution in [0.1, 0.15) is 25.7 Å². The molecule has 0 spiro atoms. The number of anilines is 2. The molecule has 0 heterocycles.